The molecule has 26 heavy (non-hydrogen) atoms. The molecule has 5 heteroatoms. The Hall–Kier alpha value is -2.82. The first-order valence-electron chi connectivity index (χ1n) is 9.18. The first-order valence-corrected chi connectivity index (χ1v) is 9.18. The molecule has 2 aliphatic rings. The molecular formula is C21H23N3O2. The molecule has 2 aromatic carbocycles. The molecule has 1 heterocycles. The van der Waals surface area contributed by atoms with Crippen molar-refractivity contribution in [3.63, 3.8) is 0 Å². The number of hydrogen-bond acceptors (Lipinski definition) is 3. The summed E-state index contributed by atoms with van der Waals surface area (Å²) in [6, 6.07) is 15.9. The van der Waals surface area contributed by atoms with Crippen LogP contribution in [-0.2, 0) is 22.6 Å². The smallest absolute Gasteiger partial charge is 0.243 e. The third-order valence-corrected chi connectivity index (χ3v) is 4.97. The standard InChI is InChI=1S/C21H23N3O2/c25-20(14-24-12-11-16-3-1-2-4-19(16)24)23-18-9-5-15(6-10-18)13-22-21(26)17-7-8-17/h1-6,9-10,17H,7-8,11-14H2,(H,22,26)(H,23,25). The summed E-state index contributed by atoms with van der Waals surface area (Å²) >= 11 is 0. The largest absolute Gasteiger partial charge is 0.362 e. The lowest BCUT2D eigenvalue weighted by atomic mass is 10.2. The van der Waals surface area contributed by atoms with Gasteiger partial charge in [-0.2, -0.15) is 0 Å². The van der Waals surface area contributed by atoms with Crippen LogP contribution in [0.4, 0.5) is 11.4 Å². The van der Waals surface area contributed by atoms with Crippen LogP contribution in [0.15, 0.2) is 48.5 Å². The van der Waals surface area contributed by atoms with Crippen LogP contribution in [0.3, 0.4) is 0 Å². The Bertz CT molecular complexity index is 812. The van der Waals surface area contributed by atoms with Crippen LogP contribution in [-0.4, -0.2) is 24.9 Å². The summed E-state index contributed by atoms with van der Waals surface area (Å²) < 4.78 is 0. The Morgan fingerprint density at radius 2 is 1.81 bits per heavy atom. The number of anilines is 2. The summed E-state index contributed by atoms with van der Waals surface area (Å²) in [4.78, 5) is 26.1. The molecule has 134 valence electrons. The highest BCUT2D eigenvalue weighted by molar-refractivity contribution is 5.94. The van der Waals surface area contributed by atoms with Gasteiger partial charge in [-0.1, -0.05) is 30.3 Å². The second-order valence-corrected chi connectivity index (χ2v) is 7.04. The van der Waals surface area contributed by atoms with E-state index in [2.05, 4.69) is 27.7 Å². The third-order valence-electron chi connectivity index (χ3n) is 4.97. The summed E-state index contributed by atoms with van der Waals surface area (Å²) in [6.07, 6.45) is 3.02. The Morgan fingerprint density at radius 1 is 1.04 bits per heavy atom. The number of carbonyl (C=O) groups is 2. The van der Waals surface area contributed by atoms with Gasteiger partial charge in [-0.3, -0.25) is 9.59 Å². The average Bonchev–Trinajstić information content (AvgIpc) is 3.43. The lowest BCUT2D eigenvalue weighted by Crippen LogP contribution is -2.31. The molecule has 1 fully saturated rings. The maximum atomic E-state index is 12.4. The molecule has 4 rings (SSSR count). The van der Waals surface area contributed by atoms with E-state index in [0.717, 1.165) is 42.7 Å². The van der Waals surface area contributed by atoms with Gasteiger partial charge in [0.15, 0.2) is 0 Å². The normalized spacial score (nSPS) is 15.5. The fourth-order valence-electron chi connectivity index (χ4n) is 3.33. The van der Waals surface area contributed by atoms with Gasteiger partial charge in [-0.15, -0.1) is 0 Å². The SMILES string of the molecule is O=C(CN1CCc2ccccc21)Nc1ccc(CNC(=O)C2CC2)cc1. The second-order valence-electron chi connectivity index (χ2n) is 7.04. The molecule has 0 unspecified atom stereocenters. The highest BCUT2D eigenvalue weighted by Crippen LogP contribution is 2.29. The van der Waals surface area contributed by atoms with Crippen LogP contribution in [0.2, 0.25) is 0 Å². The van der Waals surface area contributed by atoms with Crippen LogP contribution < -0.4 is 15.5 Å². The van der Waals surface area contributed by atoms with E-state index < -0.39 is 0 Å². The summed E-state index contributed by atoms with van der Waals surface area (Å²) in [5, 5.41) is 5.90. The predicted molar refractivity (Wildman–Crippen MR) is 102 cm³/mol. The number of fused-ring (bicyclic) bond motifs is 1. The van der Waals surface area contributed by atoms with Gasteiger partial charge in [0.25, 0.3) is 0 Å². The number of benzene rings is 2. The fraction of sp³-hybridized carbons (Fsp3) is 0.333. The van der Waals surface area contributed by atoms with E-state index in [9.17, 15) is 9.59 Å². The van der Waals surface area contributed by atoms with Crippen LogP contribution in [0, 0.1) is 5.92 Å². The molecule has 0 atom stereocenters. The van der Waals surface area contributed by atoms with Crippen molar-refractivity contribution in [1.29, 1.82) is 0 Å². The highest BCUT2D eigenvalue weighted by Gasteiger charge is 2.29. The van der Waals surface area contributed by atoms with Crippen molar-refractivity contribution < 1.29 is 9.59 Å². The van der Waals surface area contributed by atoms with Crippen molar-refractivity contribution in [2.75, 3.05) is 23.3 Å². The van der Waals surface area contributed by atoms with Crippen molar-refractivity contribution in [3.05, 3.63) is 59.7 Å². The monoisotopic (exact) mass is 349 g/mol. The molecule has 0 radical (unpaired) electrons. The molecule has 0 bridgehead atoms. The van der Waals surface area contributed by atoms with Crippen LogP contribution >= 0.6 is 0 Å². The van der Waals surface area contributed by atoms with Gasteiger partial charge in [-0.25, -0.2) is 0 Å². The molecule has 2 N–H and O–H groups in total. The number of para-hydroxylation sites is 1. The Labute approximate surface area is 153 Å². The van der Waals surface area contributed by atoms with Crippen molar-refractivity contribution in [2.24, 2.45) is 5.92 Å². The molecule has 2 aromatic rings. The molecule has 0 saturated heterocycles. The Morgan fingerprint density at radius 3 is 2.58 bits per heavy atom. The van der Waals surface area contributed by atoms with Gasteiger partial charge in [0.05, 0.1) is 6.54 Å². The van der Waals surface area contributed by atoms with Crippen molar-refractivity contribution in [1.82, 2.24) is 5.32 Å². The highest BCUT2D eigenvalue weighted by atomic mass is 16.2. The van der Waals surface area contributed by atoms with Gasteiger partial charge >= 0.3 is 0 Å². The third kappa shape index (κ3) is 3.87. The first-order chi connectivity index (χ1) is 12.7. The zero-order chi connectivity index (χ0) is 17.9. The van der Waals surface area contributed by atoms with Gasteiger partial charge in [0.2, 0.25) is 11.8 Å². The predicted octanol–water partition coefficient (Wildman–Crippen LogP) is 2.71. The van der Waals surface area contributed by atoms with E-state index in [1.807, 2.05) is 36.4 Å². The summed E-state index contributed by atoms with van der Waals surface area (Å²) in [5.74, 6) is 0.356. The molecule has 2 amide bonds. The average molecular weight is 349 g/mol. The van der Waals surface area contributed by atoms with E-state index in [1.54, 1.807) is 0 Å². The zero-order valence-electron chi connectivity index (χ0n) is 14.7. The van der Waals surface area contributed by atoms with E-state index >= 15 is 0 Å². The minimum Gasteiger partial charge on any atom is -0.362 e. The van der Waals surface area contributed by atoms with E-state index in [0.29, 0.717) is 13.1 Å². The minimum absolute atomic E-state index is 0.0171. The number of amides is 2. The van der Waals surface area contributed by atoms with Crippen molar-refractivity contribution in [2.45, 2.75) is 25.8 Å². The molecule has 1 aliphatic heterocycles. The Balaban J connectivity index is 1.28. The quantitative estimate of drug-likeness (QED) is 0.843. The Kier molecular flexibility index (Phi) is 4.61. The number of hydrogen-bond donors (Lipinski definition) is 2. The van der Waals surface area contributed by atoms with E-state index in [-0.39, 0.29) is 17.7 Å². The summed E-state index contributed by atoms with van der Waals surface area (Å²) in [6.45, 7) is 1.77. The molecular weight excluding hydrogens is 326 g/mol. The van der Waals surface area contributed by atoms with E-state index in [1.165, 1.54) is 5.56 Å². The zero-order valence-corrected chi connectivity index (χ0v) is 14.7. The molecule has 0 spiro atoms. The maximum absolute atomic E-state index is 12.4. The number of nitrogens with zero attached hydrogens (tertiary/aromatic N) is 1. The summed E-state index contributed by atoms with van der Waals surface area (Å²) in [7, 11) is 0. The van der Waals surface area contributed by atoms with Crippen molar-refractivity contribution >= 4 is 23.2 Å². The van der Waals surface area contributed by atoms with Gasteiger partial charge in [-0.05, 0) is 48.6 Å². The van der Waals surface area contributed by atoms with E-state index in [4.69, 9.17) is 0 Å². The number of carbonyl (C=O) groups excluding carboxylic acids is 2. The number of rotatable bonds is 6. The fourth-order valence-corrected chi connectivity index (χ4v) is 3.33. The first kappa shape index (κ1) is 16.6. The lowest BCUT2D eigenvalue weighted by Gasteiger charge is -2.18. The van der Waals surface area contributed by atoms with Crippen LogP contribution in [0.5, 0.6) is 0 Å². The van der Waals surface area contributed by atoms with Gasteiger partial charge < -0.3 is 15.5 Å². The van der Waals surface area contributed by atoms with Crippen molar-refractivity contribution in [3.8, 4) is 0 Å². The summed E-state index contributed by atoms with van der Waals surface area (Å²) in [5.41, 5.74) is 4.27. The van der Waals surface area contributed by atoms with Gasteiger partial charge in [0.1, 0.15) is 0 Å². The molecule has 1 aliphatic carbocycles. The maximum Gasteiger partial charge on any atom is 0.243 e. The molecule has 1 saturated carbocycles. The van der Waals surface area contributed by atoms with Crippen LogP contribution in [0.1, 0.15) is 24.0 Å². The molecule has 5 nitrogen and oxygen atoms in total. The number of nitrogens with one attached hydrogen (secondary N) is 2. The minimum atomic E-state index is -0.0171. The lowest BCUT2D eigenvalue weighted by molar-refractivity contribution is -0.122. The van der Waals surface area contributed by atoms with Crippen LogP contribution in [0.25, 0.3) is 0 Å². The van der Waals surface area contributed by atoms with Gasteiger partial charge in [0, 0.05) is 30.4 Å². The molecule has 0 aromatic heterocycles. The second kappa shape index (κ2) is 7.20. The topological polar surface area (TPSA) is 61.4 Å².